The summed E-state index contributed by atoms with van der Waals surface area (Å²) in [6, 6.07) is 1.52. The molecule has 0 spiro atoms. The molecular formula is C20H25BrN2O6. The average molecular weight is 469 g/mol. The number of fused-ring (bicyclic) bond motifs is 1. The van der Waals surface area contributed by atoms with E-state index in [0.717, 1.165) is 6.42 Å². The Morgan fingerprint density at radius 2 is 2.03 bits per heavy atom. The quantitative estimate of drug-likeness (QED) is 0.448. The fourth-order valence-electron chi connectivity index (χ4n) is 3.53. The van der Waals surface area contributed by atoms with E-state index >= 15 is 0 Å². The van der Waals surface area contributed by atoms with Gasteiger partial charge in [-0.15, -0.1) is 0 Å². The molecular weight excluding hydrogens is 444 g/mol. The van der Waals surface area contributed by atoms with Gasteiger partial charge in [0.2, 0.25) is 5.76 Å². The number of pyridine rings is 1. The van der Waals surface area contributed by atoms with Crippen molar-refractivity contribution >= 4 is 44.6 Å². The Morgan fingerprint density at radius 1 is 1.28 bits per heavy atom. The highest BCUT2D eigenvalue weighted by atomic mass is 79.9. The summed E-state index contributed by atoms with van der Waals surface area (Å²) in [4.78, 5) is 31.4. The van der Waals surface area contributed by atoms with Crippen LogP contribution in [0.2, 0.25) is 0 Å². The van der Waals surface area contributed by atoms with Gasteiger partial charge in [0, 0.05) is 18.0 Å². The summed E-state index contributed by atoms with van der Waals surface area (Å²) in [5, 5.41) is 0.586. The maximum Gasteiger partial charge on any atom is 0.414 e. The zero-order valence-electron chi connectivity index (χ0n) is 16.8. The predicted octanol–water partition coefficient (Wildman–Crippen LogP) is 4.69. The second-order valence-corrected chi connectivity index (χ2v) is 7.46. The van der Waals surface area contributed by atoms with Crippen LogP contribution in [0.3, 0.4) is 0 Å². The molecule has 3 rings (SSSR count). The van der Waals surface area contributed by atoms with Crippen molar-refractivity contribution in [3.63, 3.8) is 0 Å². The highest BCUT2D eigenvalue weighted by Gasteiger charge is 2.37. The molecule has 9 heteroatoms. The first kappa shape index (κ1) is 21.6. The third kappa shape index (κ3) is 4.56. The summed E-state index contributed by atoms with van der Waals surface area (Å²) >= 11 is 3.35. The Morgan fingerprint density at radius 3 is 2.72 bits per heavy atom. The summed E-state index contributed by atoms with van der Waals surface area (Å²) < 4.78 is 22.6. The number of halogens is 1. The zero-order chi connectivity index (χ0) is 21.0. The summed E-state index contributed by atoms with van der Waals surface area (Å²) in [5.41, 5.74) is 0.737. The monoisotopic (exact) mass is 468 g/mol. The maximum absolute atomic E-state index is 13.0. The van der Waals surface area contributed by atoms with E-state index in [1.165, 1.54) is 11.1 Å². The van der Waals surface area contributed by atoms with Gasteiger partial charge in [-0.3, -0.25) is 4.90 Å². The maximum atomic E-state index is 13.0. The number of rotatable bonds is 6. The van der Waals surface area contributed by atoms with Gasteiger partial charge in [-0.2, -0.15) is 0 Å². The molecule has 2 aromatic heterocycles. The molecule has 0 bridgehead atoms. The SMILES string of the molecule is CCOC(=O)c1oc2cnc(Br)cc2c1N(C(=O)OCC)C1CCOC(CC)C1. The first-order valence-electron chi connectivity index (χ1n) is 9.82. The average Bonchev–Trinajstić information content (AvgIpc) is 3.07. The molecule has 8 nitrogen and oxygen atoms in total. The van der Waals surface area contributed by atoms with Gasteiger partial charge >= 0.3 is 12.1 Å². The number of carbonyl (C=O) groups is 2. The molecule has 1 amide bonds. The number of anilines is 1. The first-order chi connectivity index (χ1) is 14.0. The van der Waals surface area contributed by atoms with Crippen LogP contribution in [0.4, 0.5) is 10.5 Å². The Hall–Kier alpha value is -2.13. The molecule has 29 heavy (non-hydrogen) atoms. The van der Waals surface area contributed by atoms with Gasteiger partial charge in [-0.05, 0) is 55.1 Å². The van der Waals surface area contributed by atoms with E-state index in [2.05, 4.69) is 20.9 Å². The second-order valence-electron chi connectivity index (χ2n) is 6.65. The molecule has 1 aliphatic rings. The van der Waals surface area contributed by atoms with Gasteiger partial charge < -0.3 is 18.6 Å². The summed E-state index contributed by atoms with van der Waals surface area (Å²) in [5.74, 6) is -0.669. The molecule has 0 aliphatic carbocycles. The number of carbonyl (C=O) groups excluding carboxylic acids is 2. The molecule has 0 aromatic carbocycles. The van der Waals surface area contributed by atoms with Crippen LogP contribution in [0.1, 0.15) is 50.6 Å². The largest absolute Gasteiger partial charge is 0.460 e. The van der Waals surface area contributed by atoms with E-state index < -0.39 is 12.1 Å². The van der Waals surface area contributed by atoms with Crippen molar-refractivity contribution in [2.75, 3.05) is 24.7 Å². The van der Waals surface area contributed by atoms with E-state index in [1.54, 1.807) is 19.9 Å². The first-order valence-corrected chi connectivity index (χ1v) is 10.6. The molecule has 0 saturated carbocycles. The molecule has 0 radical (unpaired) electrons. The number of esters is 1. The second kappa shape index (κ2) is 9.58. The number of hydrogen-bond donors (Lipinski definition) is 0. The molecule has 1 aliphatic heterocycles. The fraction of sp³-hybridized carbons (Fsp3) is 0.550. The lowest BCUT2D eigenvalue weighted by Gasteiger charge is -2.36. The summed E-state index contributed by atoms with van der Waals surface area (Å²) in [6.45, 7) is 6.43. The summed E-state index contributed by atoms with van der Waals surface area (Å²) in [6.07, 6.45) is 3.10. The number of hydrogen-bond acceptors (Lipinski definition) is 7. The number of aromatic nitrogens is 1. The molecule has 1 fully saturated rings. The number of amides is 1. The Kier molecular flexibility index (Phi) is 7.13. The van der Waals surface area contributed by atoms with Crippen molar-refractivity contribution in [2.45, 2.75) is 52.2 Å². The van der Waals surface area contributed by atoms with Crippen LogP contribution in [-0.2, 0) is 14.2 Å². The normalized spacial score (nSPS) is 19.2. The van der Waals surface area contributed by atoms with Crippen molar-refractivity contribution in [3.8, 4) is 0 Å². The molecule has 158 valence electrons. The van der Waals surface area contributed by atoms with E-state index in [4.69, 9.17) is 18.6 Å². The Balaban J connectivity index is 2.17. The van der Waals surface area contributed by atoms with Crippen molar-refractivity contribution in [1.29, 1.82) is 0 Å². The van der Waals surface area contributed by atoms with Crippen molar-refractivity contribution in [2.24, 2.45) is 0 Å². The van der Waals surface area contributed by atoms with Crippen LogP contribution < -0.4 is 4.90 Å². The van der Waals surface area contributed by atoms with Crippen LogP contribution in [0.25, 0.3) is 11.0 Å². The topological polar surface area (TPSA) is 91.1 Å². The van der Waals surface area contributed by atoms with Gasteiger partial charge in [0.05, 0.1) is 25.5 Å². The van der Waals surface area contributed by atoms with Crippen LogP contribution in [0, 0.1) is 0 Å². The van der Waals surface area contributed by atoms with Crippen LogP contribution in [0.15, 0.2) is 21.3 Å². The minimum absolute atomic E-state index is 0.0308. The smallest absolute Gasteiger partial charge is 0.414 e. The van der Waals surface area contributed by atoms with Crippen molar-refractivity contribution in [1.82, 2.24) is 4.98 Å². The molecule has 3 heterocycles. The number of nitrogens with zero attached hydrogens (tertiary/aromatic N) is 2. The van der Waals surface area contributed by atoms with E-state index in [-0.39, 0.29) is 31.1 Å². The van der Waals surface area contributed by atoms with Crippen molar-refractivity contribution < 1.29 is 28.2 Å². The number of ether oxygens (including phenoxy) is 3. The lowest BCUT2D eigenvalue weighted by molar-refractivity contribution is 0.00465. The molecule has 1 saturated heterocycles. The van der Waals surface area contributed by atoms with Gasteiger partial charge in [0.15, 0.2) is 5.58 Å². The van der Waals surface area contributed by atoms with Gasteiger partial charge in [0.1, 0.15) is 10.3 Å². The van der Waals surface area contributed by atoms with Gasteiger partial charge in [0.25, 0.3) is 0 Å². The predicted molar refractivity (Wildman–Crippen MR) is 110 cm³/mol. The Labute approximate surface area is 177 Å². The minimum Gasteiger partial charge on any atom is -0.460 e. The third-order valence-electron chi connectivity index (χ3n) is 4.84. The molecule has 2 unspecified atom stereocenters. The Bertz CT molecular complexity index is 883. The van der Waals surface area contributed by atoms with Gasteiger partial charge in [-0.25, -0.2) is 14.6 Å². The number of furan rings is 1. The minimum atomic E-state index is -0.636. The van der Waals surface area contributed by atoms with Crippen LogP contribution in [0.5, 0.6) is 0 Å². The molecule has 2 aromatic rings. The van der Waals surface area contributed by atoms with E-state index in [1.807, 2.05) is 6.92 Å². The van der Waals surface area contributed by atoms with Crippen LogP contribution >= 0.6 is 15.9 Å². The highest BCUT2D eigenvalue weighted by molar-refractivity contribution is 9.10. The molecule has 0 N–H and O–H groups in total. The standard InChI is InChI=1S/C20H25BrN2O6/c1-4-13-9-12(7-8-28-13)23(20(25)27-6-3)17-14-10-16(21)22-11-15(14)29-18(17)19(24)26-5-2/h10-13H,4-9H2,1-3H3. The third-order valence-corrected chi connectivity index (χ3v) is 5.28. The molecule has 2 atom stereocenters. The van der Waals surface area contributed by atoms with Gasteiger partial charge in [-0.1, -0.05) is 6.92 Å². The summed E-state index contributed by atoms with van der Waals surface area (Å²) in [7, 11) is 0. The lowest BCUT2D eigenvalue weighted by Crippen LogP contribution is -2.46. The zero-order valence-corrected chi connectivity index (χ0v) is 18.4. The fourth-order valence-corrected chi connectivity index (χ4v) is 3.86. The highest BCUT2D eigenvalue weighted by Crippen LogP contribution is 2.39. The van der Waals surface area contributed by atoms with E-state index in [9.17, 15) is 9.59 Å². The van der Waals surface area contributed by atoms with E-state index in [0.29, 0.717) is 40.7 Å². The van der Waals surface area contributed by atoms with Crippen LogP contribution in [-0.4, -0.2) is 49.0 Å². The van der Waals surface area contributed by atoms with Crippen molar-refractivity contribution in [3.05, 3.63) is 22.6 Å². The lowest BCUT2D eigenvalue weighted by atomic mass is 9.99.